The topological polar surface area (TPSA) is 57.8 Å². The van der Waals surface area contributed by atoms with Crippen molar-refractivity contribution in [3.05, 3.63) is 53.3 Å². The molecule has 0 fully saturated rings. The summed E-state index contributed by atoms with van der Waals surface area (Å²) in [5, 5.41) is 7.90. The van der Waals surface area contributed by atoms with Crippen LogP contribution in [-0.2, 0) is 6.18 Å². The Kier molecular flexibility index (Phi) is 4.30. The van der Waals surface area contributed by atoms with E-state index >= 15 is 0 Å². The first-order valence-electron chi connectivity index (χ1n) is 6.40. The normalized spacial score (nSPS) is 13.0. The van der Waals surface area contributed by atoms with Crippen molar-refractivity contribution in [2.75, 3.05) is 0 Å². The van der Waals surface area contributed by atoms with Gasteiger partial charge in [-0.2, -0.15) is 18.3 Å². The number of amides is 1. The van der Waals surface area contributed by atoms with E-state index in [0.717, 1.165) is 5.56 Å². The van der Waals surface area contributed by atoms with Gasteiger partial charge in [-0.1, -0.05) is 37.3 Å². The quantitative estimate of drug-likeness (QED) is 0.909. The molecule has 1 amide bonds. The van der Waals surface area contributed by atoms with E-state index in [2.05, 4.69) is 10.4 Å². The zero-order valence-corrected chi connectivity index (χ0v) is 11.2. The van der Waals surface area contributed by atoms with Gasteiger partial charge < -0.3 is 5.32 Å². The number of nitrogens with zero attached hydrogens (tertiary/aromatic N) is 1. The Balaban J connectivity index is 2.12. The first kappa shape index (κ1) is 15.1. The van der Waals surface area contributed by atoms with Crippen LogP contribution in [0.5, 0.6) is 0 Å². The number of aromatic nitrogens is 2. The van der Waals surface area contributed by atoms with E-state index in [1.807, 2.05) is 42.4 Å². The number of hydrogen-bond acceptors (Lipinski definition) is 2. The van der Waals surface area contributed by atoms with E-state index in [9.17, 15) is 18.0 Å². The molecule has 0 radical (unpaired) electrons. The van der Waals surface area contributed by atoms with Crippen molar-refractivity contribution in [3.8, 4) is 0 Å². The molecule has 1 atom stereocenters. The minimum absolute atomic E-state index is 0.273. The van der Waals surface area contributed by atoms with Gasteiger partial charge in [0.05, 0.1) is 6.04 Å². The van der Waals surface area contributed by atoms with E-state index in [1.165, 1.54) is 0 Å². The lowest BCUT2D eigenvalue weighted by Gasteiger charge is -2.16. The molecule has 2 rings (SSSR count). The molecule has 0 spiro atoms. The Morgan fingerprint density at radius 2 is 2.00 bits per heavy atom. The molecule has 0 aliphatic carbocycles. The number of nitrogens with one attached hydrogen (secondary N) is 2. The van der Waals surface area contributed by atoms with Gasteiger partial charge in [0.1, 0.15) is 5.69 Å². The molecular weight excluding hydrogens is 283 g/mol. The lowest BCUT2D eigenvalue weighted by atomic mass is 10.0. The third-order valence-corrected chi connectivity index (χ3v) is 3.03. The molecule has 0 aliphatic heterocycles. The predicted octanol–water partition coefficient (Wildman–Crippen LogP) is 3.31. The van der Waals surface area contributed by atoms with Gasteiger partial charge in [-0.15, -0.1) is 0 Å². The summed E-state index contributed by atoms with van der Waals surface area (Å²) in [4.78, 5) is 12.0. The fourth-order valence-corrected chi connectivity index (χ4v) is 1.92. The highest BCUT2D eigenvalue weighted by atomic mass is 19.4. The van der Waals surface area contributed by atoms with Crippen LogP contribution >= 0.6 is 0 Å². The van der Waals surface area contributed by atoms with Gasteiger partial charge in [0.15, 0.2) is 5.69 Å². The fraction of sp³-hybridized carbons (Fsp3) is 0.286. The van der Waals surface area contributed by atoms with Crippen molar-refractivity contribution in [2.45, 2.75) is 25.6 Å². The van der Waals surface area contributed by atoms with Crippen molar-refractivity contribution in [2.24, 2.45) is 0 Å². The van der Waals surface area contributed by atoms with Gasteiger partial charge in [0.25, 0.3) is 5.91 Å². The standard InChI is InChI=1S/C14H14F3N3O/c1-2-10(9-6-4-3-5-7-9)18-13(21)11-8-12(20-19-11)14(15,16)17/h3-8,10H,2H2,1H3,(H,18,21)(H,19,20). The second-order valence-corrected chi connectivity index (χ2v) is 4.51. The van der Waals surface area contributed by atoms with E-state index in [0.29, 0.717) is 12.5 Å². The van der Waals surface area contributed by atoms with Crippen LogP contribution in [0.1, 0.15) is 41.1 Å². The van der Waals surface area contributed by atoms with Crippen LogP contribution in [0.25, 0.3) is 0 Å². The number of carbonyl (C=O) groups is 1. The molecule has 1 aromatic heterocycles. The second kappa shape index (κ2) is 5.99. The Bertz CT molecular complexity index is 607. The zero-order chi connectivity index (χ0) is 15.5. The molecule has 2 aromatic rings. The maximum absolute atomic E-state index is 12.5. The molecule has 1 unspecified atom stereocenters. The summed E-state index contributed by atoms with van der Waals surface area (Å²) in [6.07, 6.45) is -3.93. The zero-order valence-electron chi connectivity index (χ0n) is 11.2. The van der Waals surface area contributed by atoms with Gasteiger partial charge in [-0.3, -0.25) is 9.89 Å². The minimum Gasteiger partial charge on any atom is -0.344 e. The molecule has 112 valence electrons. The summed E-state index contributed by atoms with van der Waals surface area (Å²) in [6, 6.07) is 9.64. The summed E-state index contributed by atoms with van der Waals surface area (Å²) in [6.45, 7) is 1.88. The maximum atomic E-state index is 12.5. The van der Waals surface area contributed by atoms with Crippen LogP contribution in [0.15, 0.2) is 36.4 Å². The summed E-state index contributed by atoms with van der Waals surface area (Å²) < 4.78 is 37.4. The fourth-order valence-electron chi connectivity index (χ4n) is 1.92. The molecule has 1 heterocycles. The summed E-state index contributed by atoms with van der Waals surface area (Å²) in [5.41, 5.74) is -0.433. The SMILES string of the molecule is CCC(NC(=O)c1cc(C(F)(F)F)[nH]n1)c1ccccc1. The molecule has 21 heavy (non-hydrogen) atoms. The number of aromatic amines is 1. The lowest BCUT2D eigenvalue weighted by molar-refractivity contribution is -0.141. The number of halogens is 3. The third kappa shape index (κ3) is 3.62. The molecular formula is C14H14F3N3O. The maximum Gasteiger partial charge on any atom is 0.432 e. The van der Waals surface area contributed by atoms with Crippen LogP contribution in [-0.4, -0.2) is 16.1 Å². The first-order valence-corrected chi connectivity index (χ1v) is 6.40. The van der Waals surface area contributed by atoms with Crippen LogP contribution in [0.4, 0.5) is 13.2 Å². The lowest BCUT2D eigenvalue weighted by Crippen LogP contribution is -2.28. The van der Waals surface area contributed by atoms with E-state index in [-0.39, 0.29) is 11.7 Å². The van der Waals surface area contributed by atoms with Gasteiger partial charge >= 0.3 is 6.18 Å². The summed E-state index contributed by atoms with van der Waals surface area (Å²) in [7, 11) is 0. The number of carbonyl (C=O) groups excluding carboxylic acids is 1. The second-order valence-electron chi connectivity index (χ2n) is 4.51. The Labute approximate surface area is 119 Å². The predicted molar refractivity (Wildman–Crippen MR) is 70.5 cm³/mol. The number of rotatable bonds is 4. The molecule has 4 nitrogen and oxygen atoms in total. The molecule has 0 aliphatic rings. The number of alkyl halides is 3. The van der Waals surface area contributed by atoms with Crippen molar-refractivity contribution in [3.63, 3.8) is 0 Å². The molecule has 2 N–H and O–H groups in total. The molecule has 7 heteroatoms. The Morgan fingerprint density at radius 1 is 1.33 bits per heavy atom. The van der Waals surface area contributed by atoms with Gasteiger partial charge in [-0.05, 0) is 12.0 Å². The molecule has 1 aromatic carbocycles. The molecule has 0 bridgehead atoms. The monoisotopic (exact) mass is 297 g/mol. The highest BCUT2D eigenvalue weighted by Gasteiger charge is 2.34. The average Bonchev–Trinajstić information content (AvgIpc) is 2.95. The average molecular weight is 297 g/mol. The van der Waals surface area contributed by atoms with Gasteiger partial charge in [0, 0.05) is 6.07 Å². The van der Waals surface area contributed by atoms with E-state index in [4.69, 9.17) is 0 Å². The number of benzene rings is 1. The summed E-state index contributed by atoms with van der Waals surface area (Å²) in [5.74, 6) is -0.641. The summed E-state index contributed by atoms with van der Waals surface area (Å²) >= 11 is 0. The highest BCUT2D eigenvalue weighted by Crippen LogP contribution is 2.27. The van der Waals surface area contributed by atoms with Gasteiger partial charge in [-0.25, -0.2) is 0 Å². The van der Waals surface area contributed by atoms with Crippen molar-refractivity contribution < 1.29 is 18.0 Å². The minimum atomic E-state index is -4.55. The number of hydrogen-bond donors (Lipinski definition) is 2. The van der Waals surface area contributed by atoms with Gasteiger partial charge in [0.2, 0.25) is 0 Å². The third-order valence-electron chi connectivity index (χ3n) is 3.03. The molecule has 0 saturated carbocycles. The van der Waals surface area contributed by atoms with E-state index in [1.54, 1.807) is 0 Å². The Hall–Kier alpha value is -2.31. The van der Waals surface area contributed by atoms with E-state index < -0.39 is 17.8 Å². The van der Waals surface area contributed by atoms with Crippen LogP contribution in [0.3, 0.4) is 0 Å². The first-order chi connectivity index (χ1) is 9.91. The number of H-pyrrole nitrogens is 1. The van der Waals surface area contributed by atoms with Crippen molar-refractivity contribution in [1.82, 2.24) is 15.5 Å². The van der Waals surface area contributed by atoms with Crippen LogP contribution in [0, 0.1) is 0 Å². The highest BCUT2D eigenvalue weighted by molar-refractivity contribution is 5.92. The largest absolute Gasteiger partial charge is 0.432 e. The van der Waals surface area contributed by atoms with Crippen LogP contribution in [0.2, 0.25) is 0 Å². The smallest absolute Gasteiger partial charge is 0.344 e. The van der Waals surface area contributed by atoms with Crippen LogP contribution < -0.4 is 5.32 Å². The van der Waals surface area contributed by atoms with Crippen molar-refractivity contribution >= 4 is 5.91 Å². The van der Waals surface area contributed by atoms with Crippen molar-refractivity contribution in [1.29, 1.82) is 0 Å². The molecule has 0 saturated heterocycles. The Morgan fingerprint density at radius 3 is 2.52 bits per heavy atom.